The summed E-state index contributed by atoms with van der Waals surface area (Å²) >= 11 is 0. The van der Waals surface area contributed by atoms with Gasteiger partial charge in [0.2, 0.25) is 0 Å². The zero-order chi connectivity index (χ0) is 40.2. The van der Waals surface area contributed by atoms with Crippen LogP contribution in [0.15, 0.2) is 0 Å². The van der Waals surface area contributed by atoms with Crippen LogP contribution < -0.4 is 20.4 Å². The minimum absolute atomic E-state index is 0.278. The van der Waals surface area contributed by atoms with Crippen molar-refractivity contribution in [3.05, 3.63) is 0 Å². The maximum absolute atomic E-state index is 10.1. The number of aliphatic hydroxyl groups excluding tert-OH is 5. The van der Waals surface area contributed by atoms with E-state index in [1.165, 1.54) is 6.92 Å². The van der Waals surface area contributed by atoms with Crippen molar-refractivity contribution >= 4 is 23.9 Å². The molecule has 18 heteroatoms. The predicted molar refractivity (Wildman–Crippen MR) is 170 cm³/mol. The number of aliphatic carboxylic acids is 4. The van der Waals surface area contributed by atoms with Crippen molar-refractivity contribution in [2.24, 2.45) is 0 Å². The van der Waals surface area contributed by atoms with Crippen LogP contribution in [0.25, 0.3) is 0 Å². The molecule has 0 saturated carbocycles. The highest BCUT2D eigenvalue weighted by molar-refractivity contribution is 5.86. The fourth-order valence-electron chi connectivity index (χ4n) is 2.13. The molecule has 292 valence electrons. The molecule has 0 aromatic rings. The lowest BCUT2D eigenvalue weighted by molar-refractivity contribution is -0.870. The Hall–Kier alpha value is -2.52. The minimum atomic E-state index is -2.97. The fourth-order valence-corrected chi connectivity index (χ4v) is 2.13. The standard InChI is InChI=1S/C6H8O7.4C5H14NO.C4H8O3/c7-3(8)1-6(13,5(11)12)2-4(9)10;4*1-6(2,3)4-5-7;1-3(5)2-4(6)7/h13H,1-2H2,(H,7,8)(H,9,10)(H,11,12);4*7H,4-5H2,1-3H3;3,5H,2H2,1H3,(H,6,7)/q;4*+1;/p-4. The van der Waals surface area contributed by atoms with Gasteiger partial charge in [-0.05, 0) is 6.92 Å². The minimum Gasteiger partial charge on any atom is -0.550 e. The van der Waals surface area contributed by atoms with Gasteiger partial charge in [0.25, 0.3) is 0 Å². The van der Waals surface area contributed by atoms with E-state index >= 15 is 0 Å². The van der Waals surface area contributed by atoms with Gasteiger partial charge in [-0.25, -0.2) is 0 Å². The smallest absolute Gasteiger partial charge is 0.114 e. The molecular formula is C30H68N4O14. The average molecular weight is 709 g/mol. The van der Waals surface area contributed by atoms with Crippen LogP contribution in [0.4, 0.5) is 0 Å². The van der Waals surface area contributed by atoms with Crippen LogP contribution in [-0.4, -0.2) is 221 Å². The molecule has 0 aliphatic heterocycles. The summed E-state index contributed by atoms with van der Waals surface area (Å²) in [6.07, 6.45) is -3.78. The van der Waals surface area contributed by atoms with Crippen molar-refractivity contribution < 1.29 is 88.2 Å². The zero-order valence-electron chi connectivity index (χ0n) is 31.6. The van der Waals surface area contributed by atoms with Crippen molar-refractivity contribution in [2.75, 3.05) is 137 Å². The van der Waals surface area contributed by atoms with E-state index in [1.54, 1.807) is 0 Å². The largest absolute Gasteiger partial charge is 0.550 e. The Morgan fingerprint density at radius 1 is 0.521 bits per heavy atom. The first-order valence-corrected chi connectivity index (χ1v) is 15.0. The Bertz CT molecular complexity index is 749. The molecule has 0 fully saturated rings. The van der Waals surface area contributed by atoms with E-state index in [4.69, 9.17) is 30.6 Å². The van der Waals surface area contributed by atoms with Gasteiger partial charge in [-0.15, -0.1) is 0 Å². The maximum Gasteiger partial charge on any atom is 0.114 e. The maximum atomic E-state index is 10.1. The molecule has 0 aliphatic rings. The molecule has 0 radical (unpaired) electrons. The molecule has 1 atom stereocenters. The third kappa shape index (κ3) is 70.0. The molecule has 0 heterocycles. The van der Waals surface area contributed by atoms with Gasteiger partial charge in [0.05, 0.1) is 123 Å². The van der Waals surface area contributed by atoms with Gasteiger partial charge in [0, 0.05) is 37.2 Å². The molecule has 6 N–H and O–H groups in total. The summed E-state index contributed by atoms with van der Waals surface area (Å²) in [5.74, 6) is -7.20. The summed E-state index contributed by atoms with van der Waals surface area (Å²) in [6.45, 7) is 5.86. The second-order valence-electron chi connectivity index (χ2n) is 14.8. The van der Waals surface area contributed by atoms with Gasteiger partial charge in [-0.2, -0.15) is 0 Å². The lowest BCUT2D eigenvalue weighted by Gasteiger charge is -2.29. The number of rotatable bonds is 15. The van der Waals surface area contributed by atoms with Gasteiger partial charge in [-0.3, -0.25) is 0 Å². The normalized spacial score (nSPS) is 11.9. The van der Waals surface area contributed by atoms with Gasteiger partial charge >= 0.3 is 0 Å². The number of carbonyl (C=O) groups is 4. The van der Waals surface area contributed by atoms with E-state index in [0.29, 0.717) is 0 Å². The summed E-state index contributed by atoms with van der Waals surface area (Å²) in [5.41, 5.74) is -2.97. The molecule has 0 amide bonds. The highest BCUT2D eigenvalue weighted by Gasteiger charge is 2.29. The molecule has 0 spiro atoms. The first kappa shape index (κ1) is 57.7. The van der Waals surface area contributed by atoms with Crippen LogP contribution in [0.5, 0.6) is 0 Å². The molecule has 48 heavy (non-hydrogen) atoms. The Morgan fingerprint density at radius 2 is 0.729 bits per heavy atom. The first-order valence-electron chi connectivity index (χ1n) is 15.0. The van der Waals surface area contributed by atoms with Gasteiger partial charge in [-0.1, -0.05) is 0 Å². The van der Waals surface area contributed by atoms with Crippen LogP contribution in [-0.2, 0) is 19.2 Å². The number of nitrogens with zero attached hydrogens (tertiary/aromatic N) is 4. The van der Waals surface area contributed by atoms with Crippen molar-refractivity contribution in [1.29, 1.82) is 0 Å². The Labute approximate surface area is 287 Å². The summed E-state index contributed by atoms with van der Waals surface area (Å²) in [4.78, 5) is 39.5. The number of hydrogen-bond acceptors (Lipinski definition) is 14. The van der Waals surface area contributed by atoms with Gasteiger partial charge in [0.15, 0.2) is 0 Å². The SMILES string of the molecule is CC(O)CC(=O)[O-].C[N+](C)(C)CCO.C[N+](C)(C)CCO.C[N+](C)(C)CCO.C[N+](C)(C)CCO.O=C([O-])CC(O)(CC(=O)[O-])C(=O)[O-]. The lowest BCUT2D eigenvalue weighted by Crippen LogP contribution is -2.54. The molecular weight excluding hydrogens is 640 g/mol. The Balaban J connectivity index is -0.000000113. The number of carbonyl (C=O) groups excluding carboxylic acids is 4. The molecule has 0 saturated heterocycles. The molecule has 1 unspecified atom stereocenters. The van der Waals surface area contributed by atoms with Crippen LogP contribution in [0.2, 0.25) is 0 Å². The zero-order valence-corrected chi connectivity index (χ0v) is 31.6. The van der Waals surface area contributed by atoms with Gasteiger partial charge in [0.1, 0.15) is 31.8 Å². The van der Waals surface area contributed by atoms with Crippen LogP contribution in [0.1, 0.15) is 26.2 Å². The number of carboxylic acid groups (broad SMARTS) is 4. The van der Waals surface area contributed by atoms with Crippen LogP contribution >= 0.6 is 0 Å². The molecule has 0 aliphatic carbocycles. The van der Waals surface area contributed by atoms with Crippen molar-refractivity contribution in [1.82, 2.24) is 0 Å². The summed E-state index contributed by atoms with van der Waals surface area (Å²) in [6, 6.07) is 0. The number of aliphatic hydroxyl groups is 6. The van der Waals surface area contributed by atoms with E-state index in [9.17, 15) is 39.6 Å². The van der Waals surface area contributed by atoms with E-state index < -0.39 is 48.4 Å². The molecule has 18 nitrogen and oxygen atoms in total. The van der Waals surface area contributed by atoms with E-state index in [2.05, 4.69) is 84.6 Å². The first-order chi connectivity index (χ1) is 21.1. The topological polar surface area (TPSA) is 282 Å². The van der Waals surface area contributed by atoms with Crippen LogP contribution in [0, 0.1) is 0 Å². The second kappa shape index (κ2) is 29.4. The Morgan fingerprint density at radius 3 is 0.771 bits per heavy atom. The number of hydrogen-bond donors (Lipinski definition) is 6. The Kier molecular flexibility index (Phi) is 35.4. The molecule has 0 aromatic heterocycles. The highest BCUT2D eigenvalue weighted by Crippen LogP contribution is 2.13. The third-order valence-corrected chi connectivity index (χ3v) is 4.80. The van der Waals surface area contributed by atoms with Gasteiger partial charge < -0.3 is 88.2 Å². The third-order valence-electron chi connectivity index (χ3n) is 4.80. The van der Waals surface area contributed by atoms with E-state index in [0.717, 1.165) is 44.1 Å². The summed E-state index contributed by atoms with van der Waals surface area (Å²) < 4.78 is 3.38. The monoisotopic (exact) mass is 708 g/mol. The number of quaternary nitrogens is 4. The van der Waals surface area contributed by atoms with E-state index in [-0.39, 0.29) is 32.8 Å². The van der Waals surface area contributed by atoms with E-state index in [1.807, 2.05) is 0 Å². The molecule has 0 bridgehead atoms. The van der Waals surface area contributed by atoms with Crippen molar-refractivity contribution in [3.8, 4) is 0 Å². The highest BCUT2D eigenvalue weighted by atomic mass is 16.4. The number of likely N-dealkylation sites (N-methyl/N-ethyl adjacent to an activating group) is 4. The lowest BCUT2D eigenvalue weighted by atomic mass is 9.96. The number of carboxylic acids is 4. The molecule has 0 rings (SSSR count). The average Bonchev–Trinajstić information content (AvgIpc) is 2.76. The predicted octanol–water partition coefficient (Wildman–Crippen LogP) is -8.01. The van der Waals surface area contributed by atoms with Crippen molar-refractivity contribution in [2.45, 2.75) is 37.9 Å². The summed E-state index contributed by atoms with van der Waals surface area (Å²) in [5, 5.41) is 90.3. The molecule has 0 aromatic carbocycles. The quantitative estimate of drug-likeness (QED) is 0.0862. The second-order valence-corrected chi connectivity index (χ2v) is 14.8. The van der Waals surface area contributed by atoms with Crippen LogP contribution in [0.3, 0.4) is 0 Å². The summed E-state index contributed by atoms with van der Waals surface area (Å²) in [7, 11) is 24.6. The fraction of sp³-hybridized carbons (Fsp3) is 0.867. The van der Waals surface area contributed by atoms with Crippen molar-refractivity contribution in [3.63, 3.8) is 0 Å².